The highest BCUT2D eigenvalue weighted by atomic mass is 35.5. The third kappa shape index (κ3) is 2.91. The molecule has 0 amide bonds. The number of hydrogen-bond acceptors (Lipinski definition) is 5. The van der Waals surface area contributed by atoms with Crippen molar-refractivity contribution in [2.24, 2.45) is 10.9 Å². The Bertz CT molecular complexity index is 557. The van der Waals surface area contributed by atoms with Crippen LogP contribution in [0.25, 0.3) is 0 Å². The van der Waals surface area contributed by atoms with Crippen LogP contribution in [0.5, 0.6) is 5.75 Å². The van der Waals surface area contributed by atoms with Gasteiger partial charge in [0.05, 0.1) is 15.4 Å². The monoisotopic (exact) mass is 283 g/mol. The molecule has 0 aliphatic carbocycles. The van der Waals surface area contributed by atoms with E-state index in [9.17, 15) is 0 Å². The third-order valence-electron chi connectivity index (χ3n) is 2.19. The number of nitrogens with zero attached hydrogens (tertiary/aromatic N) is 2. The van der Waals surface area contributed by atoms with E-state index in [-0.39, 0.29) is 5.84 Å². The predicted molar refractivity (Wildman–Crippen MR) is 70.4 cm³/mol. The van der Waals surface area contributed by atoms with E-state index in [1.165, 1.54) is 11.3 Å². The van der Waals surface area contributed by atoms with Gasteiger partial charge in [-0.05, 0) is 18.2 Å². The van der Waals surface area contributed by atoms with Crippen molar-refractivity contribution in [2.45, 2.75) is 6.61 Å². The van der Waals surface area contributed by atoms with Gasteiger partial charge in [0.1, 0.15) is 12.4 Å². The summed E-state index contributed by atoms with van der Waals surface area (Å²) < 4.78 is 5.54. The maximum Gasteiger partial charge on any atom is 0.171 e. The van der Waals surface area contributed by atoms with E-state index in [0.717, 1.165) is 4.88 Å². The molecule has 3 N–H and O–H groups in total. The van der Waals surface area contributed by atoms with Gasteiger partial charge in [-0.2, -0.15) is 0 Å². The van der Waals surface area contributed by atoms with Gasteiger partial charge < -0.3 is 15.7 Å². The Balaban J connectivity index is 2.09. The molecule has 2 rings (SSSR count). The second-order valence-corrected chi connectivity index (χ2v) is 4.76. The quantitative estimate of drug-likeness (QED) is 0.391. The van der Waals surface area contributed by atoms with Crippen molar-refractivity contribution in [2.75, 3.05) is 0 Å². The summed E-state index contributed by atoms with van der Waals surface area (Å²) in [7, 11) is 0. The average molecular weight is 284 g/mol. The van der Waals surface area contributed by atoms with Crippen molar-refractivity contribution in [3.8, 4) is 5.75 Å². The predicted octanol–water partition coefficient (Wildman–Crippen LogP) is 2.47. The van der Waals surface area contributed by atoms with E-state index in [2.05, 4.69) is 10.1 Å². The summed E-state index contributed by atoms with van der Waals surface area (Å²) >= 11 is 7.52. The van der Waals surface area contributed by atoms with Crippen LogP contribution in [-0.4, -0.2) is 16.0 Å². The van der Waals surface area contributed by atoms with Crippen molar-refractivity contribution < 1.29 is 9.94 Å². The molecular weight excluding hydrogens is 274 g/mol. The lowest BCUT2D eigenvalue weighted by atomic mass is 10.2. The van der Waals surface area contributed by atoms with Crippen molar-refractivity contribution in [3.63, 3.8) is 0 Å². The summed E-state index contributed by atoms with van der Waals surface area (Å²) in [4.78, 5) is 4.97. The summed E-state index contributed by atoms with van der Waals surface area (Å²) in [6, 6.07) is 4.97. The molecule has 0 saturated heterocycles. The summed E-state index contributed by atoms with van der Waals surface area (Å²) in [5.74, 6) is 0.580. The van der Waals surface area contributed by atoms with Gasteiger partial charge in [-0.25, -0.2) is 0 Å². The van der Waals surface area contributed by atoms with E-state index in [0.29, 0.717) is 22.9 Å². The van der Waals surface area contributed by atoms with E-state index >= 15 is 0 Å². The van der Waals surface area contributed by atoms with Crippen LogP contribution in [0, 0.1) is 0 Å². The largest absolute Gasteiger partial charge is 0.488 e. The summed E-state index contributed by atoms with van der Waals surface area (Å²) in [5, 5.41) is 11.8. The summed E-state index contributed by atoms with van der Waals surface area (Å²) in [5.41, 5.74) is 7.67. The number of halogens is 1. The number of benzene rings is 1. The molecule has 0 aliphatic heterocycles. The fourth-order valence-corrected chi connectivity index (χ4v) is 2.09. The number of amidine groups is 1. The summed E-state index contributed by atoms with van der Waals surface area (Å²) in [6.07, 6.45) is 1.75. The van der Waals surface area contributed by atoms with Crippen molar-refractivity contribution >= 4 is 28.8 Å². The first-order valence-corrected chi connectivity index (χ1v) is 6.24. The van der Waals surface area contributed by atoms with Crippen LogP contribution in [0.3, 0.4) is 0 Å². The van der Waals surface area contributed by atoms with Crippen molar-refractivity contribution in [1.82, 2.24) is 4.98 Å². The van der Waals surface area contributed by atoms with Gasteiger partial charge in [-0.15, -0.1) is 11.3 Å². The lowest BCUT2D eigenvalue weighted by molar-refractivity contribution is 0.309. The van der Waals surface area contributed by atoms with Crippen LogP contribution in [0.2, 0.25) is 5.02 Å². The molecule has 2 aromatic rings. The maximum absolute atomic E-state index is 8.58. The molecule has 0 spiro atoms. The number of nitrogens with two attached hydrogens (primary N) is 1. The number of oxime groups is 1. The van der Waals surface area contributed by atoms with Crippen molar-refractivity contribution in [3.05, 3.63) is 45.4 Å². The van der Waals surface area contributed by atoms with Crippen molar-refractivity contribution in [1.29, 1.82) is 0 Å². The Morgan fingerprint density at radius 1 is 1.56 bits per heavy atom. The lowest BCUT2D eigenvalue weighted by Gasteiger charge is -2.07. The van der Waals surface area contributed by atoms with Gasteiger partial charge in [-0.1, -0.05) is 16.8 Å². The minimum Gasteiger partial charge on any atom is -0.488 e. The van der Waals surface area contributed by atoms with Crippen LogP contribution in [0.4, 0.5) is 0 Å². The first kappa shape index (κ1) is 12.7. The standard InChI is InChI=1S/C11H10ClN3O2S/c12-10-3-7(1-2-9(10)11(13)15-16)17-5-8-4-14-6-18-8/h1-4,6,16H,5H2,(H2,13,15). The number of aromatic nitrogens is 1. The zero-order valence-electron chi connectivity index (χ0n) is 9.21. The zero-order chi connectivity index (χ0) is 13.0. The molecule has 0 saturated carbocycles. The lowest BCUT2D eigenvalue weighted by Crippen LogP contribution is -2.13. The van der Waals surface area contributed by atoms with Gasteiger partial charge in [0.25, 0.3) is 0 Å². The third-order valence-corrected chi connectivity index (χ3v) is 3.25. The van der Waals surface area contributed by atoms with E-state index in [1.54, 1.807) is 29.9 Å². The molecule has 18 heavy (non-hydrogen) atoms. The highest BCUT2D eigenvalue weighted by Crippen LogP contribution is 2.23. The van der Waals surface area contributed by atoms with E-state index < -0.39 is 0 Å². The number of ether oxygens (including phenoxy) is 1. The second kappa shape index (κ2) is 5.70. The number of thiazole rings is 1. The Morgan fingerprint density at radius 2 is 2.39 bits per heavy atom. The molecule has 0 unspecified atom stereocenters. The molecule has 5 nitrogen and oxygen atoms in total. The zero-order valence-corrected chi connectivity index (χ0v) is 10.8. The first-order chi connectivity index (χ1) is 8.70. The van der Waals surface area contributed by atoms with Gasteiger partial charge in [0, 0.05) is 11.8 Å². The molecule has 0 radical (unpaired) electrons. The minimum atomic E-state index is -0.0333. The highest BCUT2D eigenvalue weighted by molar-refractivity contribution is 7.09. The molecule has 0 aliphatic rings. The molecule has 1 aromatic carbocycles. The first-order valence-electron chi connectivity index (χ1n) is 4.98. The SMILES string of the molecule is N/C(=N/O)c1ccc(OCc2cncs2)cc1Cl. The van der Waals surface area contributed by atoms with Gasteiger partial charge in [0.15, 0.2) is 5.84 Å². The Morgan fingerprint density at radius 3 is 3.00 bits per heavy atom. The fraction of sp³-hybridized carbons (Fsp3) is 0.0909. The molecule has 94 valence electrons. The fourth-order valence-electron chi connectivity index (χ4n) is 1.32. The molecule has 7 heteroatoms. The number of hydrogen-bond donors (Lipinski definition) is 2. The van der Waals surface area contributed by atoms with Crippen LogP contribution in [0.1, 0.15) is 10.4 Å². The molecule has 1 heterocycles. The minimum absolute atomic E-state index is 0.0333. The molecular formula is C11H10ClN3O2S. The summed E-state index contributed by atoms with van der Waals surface area (Å²) in [6.45, 7) is 0.434. The average Bonchev–Trinajstić information content (AvgIpc) is 2.88. The smallest absolute Gasteiger partial charge is 0.171 e. The highest BCUT2D eigenvalue weighted by Gasteiger charge is 2.07. The van der Waals surface area contributed by atoms with Gasteiger partial charge in [-0.3, -0.25) is 4.98 Å². The van der Waals surface area contributed by atoms with Gasteiger partial charge in [0.2, 0.25) is 0 Å². The Kier molecular flexibility index (Phi) is 4.01. The van der Waals surface area contributed by atoms with Crippen LogP contribution in [0.15, 0.2) is 35.1 Å². The molecule has 0 atom stereocenters. The van der Waals surface area contributed by atoms with Crippen LogP contribution in [-0.2, 0) is 6.61 Å². The Hall–Kier alpha value is -1.79. The Labute approximate surface area is 112 Å². The van der Waals surface area contributed by atoms with Crippen LogP contribution < -0.4 is 10.5 Å². The maximum atomic E-state index is 8.58. The van der Waals surface area contributed by atoms with Gasteiger partial charge >= 0.3 is 0 Å². The van der Waals surface area contributed by atoms with E-state index in [1.807, 2.05) is 0 Å². The normalized spacial score (nSPS) is 11.5. The molecule has 0 bridgehead atoms. The second-order valence-electron chi connectivity index (χ2n) is 3.38. The molecule has 0 fully saturated rings. The number of rotatable bonds is 4. The molecule has 1 aromatic heterocycles. The topological polar surface area (TPSA) is 80.7 Å². The van der Waals surface area contributed by atoms with E-state index in [4.69, 9.17) is 27.3 Å². The van der Waals surface area contributed by atoms with Crippen LogP contribution >= 0.6 is 22.9 Å².